The van der Waals surface area contributed by atoms with Crippen LogP contribution in [-0.4, -0.2) is 41.9 Å². The molecule has 0 aliphatic heterocycles. The number of aromatic carboxylic acids is 1. The normalized spacial score (nSPS) is 10.2. The summed E-state index contributed by atoms with van der Waals surface area (Å²) in [5.41, 5.74) is 2.36. The van der Waals surface area contributed by atoms with Gasteiger partial charge in [0.2, 0.25) is 5.91 Å². The van der Waals surface area contributed by atoms with Crippen molar-refractivity contribution in [3.8, 4) is 0 Å². The first-order valence-corrected chi connectivity index (χ1v) is 8.28. The molecule has 2 rings (SSSR count). The Labute approximate surface area is 152 Å². The van der Waals surface area contributed by atoms with Gasteiger partial charge in [0, 0.05) is 32.6 Å². The van der Waals surface area contributed by atoms with Crippen LogP contribution in [0, 0.1) is 0 Å². The van der Waals surface area contributed by atoms with Crippen molar-refractivity contribution in [1.82, 2.24) is 10.2 Å². The minimum atomic E-state index is -0.988. The third-order valence-electron chi connectivity index (χ3n) is 4.14. The Kier molecular flexibility index (Phi) is 6.49. The zero-order chi connectivity index (χ0) is 19.1. The summed E-state index contributed by atoms with van der Waals surface area (Å²) < 4.78 is 0. The lowest BCUT2D eigenvalue weighted by molar-refractivity contribution is -0.130. The Bertz CT molecular complexity index is 800. The molecule has 0 unspecified atom stereocenters. The van der Waals surface area contributed by atoms with Crippen LogP contribution in [0.2, 0.25) is 0 Å². The molecule has 136 valence electrons. The number of amides is 2. The van der Waals surface area contributed by atoms with Crippen LogP contribution in [0.3, 0.4) is 0 Å². The highest BCUT2D eigenvalue weighted by Crippen LogP contribution is 2.13. The van der Waals surface area contributed by atoms with Crippen molar-refractivity contribution in [2.24, 2.45) is 0 Å². The summed E-state index contributed by atoms with van der Waals surface area (Å²) in [5.74, 6) is -1.21. The second-order valence-electron chi connectivity index (χ2n) is 5.99. The molecule has 0 aliphatic carbocycles. The molecule has 2 aromatic rings. The second kappa shape index (κ2) is 8.80. The first-order valence-electron chi connectivity index (χ1n) is 8.28. The van der Waals surface area contributed by atoms with Crippen molar-refractivity contribution in [3.05, 3.63) is 70.8 Å². The summed E-state index contributed by atoms with van der Waals surface area (Å²) in [7, 11) is 3.28. The molecule has 0 aromatic heterocycles. The Morgan fingerprint density at radius 1 is 1.04 bits per heavy atom. The summed E-state index contributed by atoms with van der Waals surface area (Å²) in [6.07, 6.45) is 0.609. The van der Waals surface area contributed by atoms with Gasteiger partial charge in [0.25, 0.3) is 5.91 Å². The van der Waals surface area contributed by atoms with Crippen molar-refractivity contribution >= 4 is 17.8 Å². The molecule has 6 nitrogen and oxygen atoms in total. The summed E-state index contributed by atoms with van der Waals surface area (Å²) >= 11 is 0. The lowest BCUT2D eigenvalue weighted by Gasteiger charge is -2.18. The lowest BCUT2D eigenvalue weighted by atomic mass is 10.0. The van der Waals surface area contributed by atoms with Crippen LogP contribution < -0.4 is 5.32 Å². The number of benzene rings is 2. The van der Waals surface area contributed by atoms with Crippen molar-refractivity contribution in [2.75, 3.05) is 14.1 Å². The van der Waals surface area contributed by atoms with E-state index in [9.17, 15) is 19.5 Å². The van der Waals surface area contributed by atoms with Crippen molar-refractivity contribution in [1.29, 1.82) is 0 Å². The van der Waals surface area contributed by atoms with Gasteiger partial charge in [-0.25, -0.2) is 4.79 Å². The van der Waals surface area contributed by atoms with E-state index in [-0.39, 0.29) is 23.8 Å². The number of hydrogen-bond acceptors (Lipinski definition) is 3. The van der Waals surface area contributed by atoms with E-state index in [1.807, 2.05) is 12.1 Å². The average molecular weight is 354 g/mol. The minimum absolute atomic E-state index is 0.0689. The quantitative estimate of drug-likeness (QED) is 0.799. The molecule has 2 aromatic carbocycles. The van der Waals surface area contributed by atoms with Crippen LogP contribution in [0.5, 0.6) is 0 Å². The van der Waals surface area contributed by atoms with Crippen LogP contribution in [0.4, 0.5) is 0 Å². The van der Waals surface area contributed by atoms with Crippen molar-refractivity contribution < 1.29 is 19.5 Å². The van der Waals surface area contributed by atoms with E-state index >= 15 is 0 Å². The van der Waals surface area contributed by atoms with Gasteiger partial charge in [0.1, 0.15) is 0 Å². The molecular weight excluding hydrogens is 332 g/mol. The number of rotatable bonds is 7. The number of aryl methyl sites for hydroxylation is 1. The number of carbonyl (C=O) groups excluding carboxylic acids is 2. The summed E-state index contributed by atoms with van der Waals surface area (Å²) in [5, 5.41) is 11.7. The topological polar surface area (TPSA) is 86.7 Å². The van der Waals surface area contributed by atoms with Crippen LogP contribution in [0.15, 0.2) is 48.5 Å². The third kappa shape index (κ3) is 4.92. The Hall–Kier alpha value is -3.15. The van der Waals surface area contributed by atoms with E-state index in [0.717, 1.165) is 5.56 Å². The van der Waals surface area contributed by atoms with E-state index in [4.69, 9.17) is 0 Å². The Morgan fingerprint density at radius 2 is 1.69 bits per heavy atom. The number of nitrogens with zero attached hydrogens (tertiary/aromatic N) is 1. The van der Waals surface area contributed by atoms with Gasteiger partial charge < -0.3 is 15.3 Å². The maximum absolute atomic E-state index is 12.3. The molecule has 0 fully saturated rings. The van der Waals surface area contributed by atoms with Gasteiger partial charge in [-0.05, 0) is 35.7 Å². The predicted molar refractivity (Wildman–Crippen MR) is 98.0 cm³/mol. The molecular formula is C20H22N2O4. The number of carbonyl (C=O) groups is 3. The van der Waals surface area contributed by atoms with Gasteiger partial charge in [-0.15, -0.1) is 0 Å². The molecule has 26 heavy (non-hydrogen) atoms. The van der Waals surface area contributed by atoms with Crippen molar-refractivity contribution in [2.45, 2.75) is 19.4 Å². The number of carboxylic acids is 1. The standard InChI is InChI=1S/C20H22N2O4/c1-21-19(24)16-9-7-14(8-10-16)13-22(2)18(23)12-11-15-5-3-4-6-17(15)20(25)26/h3-10H,11-13H2,1-2H3,(H,21,24)(H,25,26). The third-order valence-corrected chi connectivity index (χ3v) is 4.14. The smallest absolute Gasteiger partial charge is 0.335 e. The first kappa shape index (κ1) is 19.2. The molecule has 6 heteroatoms. The lowest BCUT2D eigenvalue weighted by Crippen LogP contribution is -2.26. The Morgan fingerprint density at radius 3 is 2.31 bits per heavy atom. The fraction of sp³-hybridized carbons (Fsp3) is 0.250. The second-order valence-corrected chi connectivity index (χ2v) is 5.99. The molecule has 0 aliphatic rings. The minimum Gasteiger partial charge on any atom is -0.478 e. The molecule has 2 N–H and O–H groups in total. The highest BCUT2D eigenvalue weighted by molar-refractivity contribution is 5.94. The van der Waals surface area contributed by atoms with Gasteiger partial charge in [-0.1, -0.05) is 30.3 Å². The average Bonchev–Trinajstić information content (AvgIpc) is 2.66. The Balaban J connectivity index is 1.94. The SMILES string of the molecule is CNC(=O)c1ccc(CN(C)C(=O)CCc2ccccc2C(=O)O)cc1. The largest absolute Gasteiger partial charge is 0.478 e. The van der Waals surface area contributed by atoms with Gasteiger partial charge in [-0.2, -0.15) is 0 Å². The summed E-state index contributed by atoms with van der Waals surface area (Å²) in [6, 6.07) is 13.8. The fourth-order valence-corrected chi connectivity index (χ4v) is 2.65. The predicted octanol–water partition coefficient (Wildman–Crippen LogP) is 2.34. The molecule has 0 bridgehead atoms. The van der Waals surface area contributed by atoms with Crippen LogP contribution in [0.25, 0.3) is 0 Å². The summed E-state index contributed by atoms with van der Waals surface area (Å²) in [6.45, 7) is 0.424. The van der Waals surface area contributed by atoms with Gasteiger partial charge in [-0.3, -0.25) is 9.59 Å². The first-order chi connectivity index (χ1) is 12.4. The maximum Gasteiger partial charge on any atom is 0.335 e. The maximum atomic E-state index is 12.3. The number of carboxylic acid groups (broad SMARTS) is 1. The van der Waals surface area contributed by atoms with Gasteiger partial charge in [0.15, 0.2) is 0 Å². The molecule has 2 amide bonds. The van der Waals surface area contributed by atoms with E-state index in [1.54, 1.807) is 55.4 Å². The van der Waals surface area contributed by atoms with Gasteiger partial charge >= 0.3 is 5.97 Å². The van der Waals surface area contributed by atoms with Crippen molar-refractivity contribution in [3.63, 3.8) is 0 Å². The zero-order valence-corrected chi connectivity index (χ0v) is 14.9. The van der Waals surface area contributed by atoms with E-state index in [1.165, 1.54) is 0 Å². The summed E-state index contributed by atoms with van der Waals surface area (Å²) in [4.78, 5) is 36.7. The monoisotopic (exact) mass is 354 g/mol. The highest BCUT2D eigenvalue weighted by Gasteiger charge is 2.13. The van der Waals surface area contributed by atoms with E-state index in [0.29, 0.717) is 24.1 Å². The number of nitrogens with one attached hydrogen (secondary N) is 1. The zero-order valence-electron chi connectivity index (χ0n) is 14.9. The van der Waals surface area contributed by atoms with Gasteiger partial charge in [0.05, 0.1) is 5.56 Å². The van der Waals surface area contributed by atoms with Crippen LogP contribution in [0.1, 0.15) is 38.3 Å². The molecule has 0 radical (unpaired) electrons. The van der Waals surface area contributed by atoms with Crippen LogP contribution >= 0.6 is 0 Å². The van der Waals surface area contributed by atoms with Crippen LogP contribution in [-0.2, 0) is 17.8 Å². The van der Waals surface area contributed by atoms with E-state index < -0.39 is 5.97 Å². The molecule has 0 heterocycles. The molecule has 0 spiro atoms. The molecule has 0 atom stereocenters. The van der Waals surface area contributed by atoms with E-state index in [2.05, 4.69) is 5.32 Å². The molecule has 0 saturated heterocycles. The number of hydrogen-bond donors (Lipinski definition) is 2. The molecule has 0 saturated carbocycles. The fourth-order valence-electron chi connectivity index (χ4n) is 2.65. The highest BCUT2D eigenvalue weighted by atomic mass is 16.4.